The minimum absolute atomic E-state index is 0.393. The molecule has 178 valence electrons. The maximum Gasteiger partial charge on any atom is 0.416 e. The second-order valence-corrected chi connectivity index (χ2v) is 8.57. The molecule has 0 saturated heterocycles. The normalized spacial score (nSPS) is 13.7. The van der Waals surface area contributed by atoms with Crippen LogP contribution in [0.4, 0.5) is 13.2 Å². The molecule has 5 nitrogen and oxygen atoms in total. The molecule has 0 amide bonds. The number of alkyl halides is 3. The van der Waals surface area contributed by atoms with E-state index in [4.69, 9.17) is 0 Å². The Morgan fingerprint density at radius 1 is 0.886 bits per heavy atom. The Morgan fingerprint density at radius 2 is 1.66 bits per heavy atom. The molecule has 0 bridgehead atoms. The lowest BCUT2D eigenvalue weighted by Gasteiger charge is -2.39. The Bertz CT molecular complexity index is 1440. The molecule has 0 fully saturated rings. The molecule has 0 spiro atoms. The molecule has 0 radical (unpaired) electrons. The highest BCUT2D eigenvalue weighted by Gasteiger charge is 2.40. The fourth-order valence-electron chi connectivity index (χ4n) is 4.94. The number of unbranched alkanes of at least 4 members (excludes halogenated alkanes) is 1. The highest BCUT2D eigenvalue weighted by atomic mass is 19.4. The van der Waals surface area contributed by atoms with E-state index >= 15 is 0 Å². The Kier molecular flexibility index (Phi) is 5.88. The summed E-state index contributed by atoms with van der Waals surface area (Å²) in [7, 11) is 0. The molecule has 0 aliphatic heterocycles. The molecule has 5 aromatic rings. The first kappa shape index (κ1) is 22.8. The predicted molar refractivity (Wildman–Crippen MR) is 129 cm³/mol. The number of rotatable bonds is 7. The van der Waals surface area contributed by atoms with Gasteiger partial charge in [0.15, 0.2) is 0 Å². The number of hydrogen-bond acceptors (Lipinski definition) is 3. The van der Waals surface area contributed by atoms with Crippen molar-refractivity contribution < 1.29 is 13.2 Å². The lowest BCUT2D eigenvalue weighted by molar-refractivity contribution is -0.137. The van der Waals surface area contributed by atoms with Gasteiger partial charge in [-0.15, -0.1) is 10.2 Å². The van der Waals surface area contributed by atoms with Gasteiger partial charge in [0.2, 0.25) is 5.82 Å². The number of aromatic nitrogens is 5. The van der Waals surface area contributed by atoms with Crippen LogP contribution in [0.2, 0.25) is 0 Å². The lowest BCUT2D eigenvalue weighted by Crippen LogP contribution is -2.37. The highest BCUT2D eigenvalue weighted by molar-refractivity contribution is 5.81. The topological polar surface area (TPSA) is 59.4 Å². The number of para-hydroxylation sites is 1. The van der Waals surface area contributed by atoms with Crippen LogP contribution in [0.3, 0.4) is 0 Å². The quantitative estimate of drug-likeness (QED) is 0.281. The van der Waals surface area contributed by atoms with Crippen LogP contribution in [0.5, 0.6) is 0 Å². The van der Waals surface area contributed by atoms with Gasteiger partial charge in [-0.05, 0) is 52.4 Å². The first-order valence-electron chi connectivity index (χ1n) is 11.5. The summed E-state index contributed by atoms with van der Waals surface area (Å²) in [6.07, 6.45) is -0.238. The van der Waals surface area contributed by atoms with Gasteiger partial charge in [-0.25, -0.2) is 0 Å². The SMILES string of the molecule is CCCCC(c1cccc(C(F)(F)F)c1)(c1ccccc1-c1nn[nH]n1)n1ccc2ccccc21. The second kappa shape index (κ2) is 9.02. The van der Waals surface area contributed by atoms with E-state index in [1.807, 2.05) is 60.8 Å². The van der Waals surface area contributed by atoms with Gasteiger partial charge in [-0.2, -0.15) is 18.4 Å². The third-order valence-corrected chi connectivity index (χ3v) is 6.53. The molecule has 2 aromatic heterocycles. The second-order valence-electron chi connectivity index (χ2n) is 8.57. The summed E-state index contributed by atoms with van der Waals surface area (Å²) in [6.45, 7) is 2.08. The maximum atomic E-state index is 13.9. The summed E-state index contributed by atoms with van der Waals surface area (Å²) in [5, 5.41) is 15.6. The maximum absolute atomic E-state index is 13.9. The Labute approximate surface area is 200 Å². The van der Waals surface area contributed by atoms with E-state index in [-0.39, 0.29) is 0 Å². The van der Waals surface area contributed by atoms with Crippen LogP contribution in [0, 0.1) is 0 Å². The average Bonchev–Trinajstić information content (AvgIpc) is 3.56. The number of halogens is 3. The molecule has 0 aliphatic rings. The predicted octanol–water partition coefficient (Wildman–Crippen LogP) is 6.82. The molecule has 5 rings (SSSR count). The van der Waals surface area contributed by atoms with Crippen molar-refractivity contribution >= 4 is 10.9 Å². The van der Waals surface area contributed by atoms with E-state index in [0.29, 0.717) is 23.4 Å². The van der Waals surface area contributed by atoms with Gasteiger partial charge in [-0.1, -0.05) is 74.4 Å². The molecule has 35 heavy (non-hydrogen) atoms. The number of nitrogens with zero attached hydrogens (tertiary/aromatic N) is 4. The summed E-state index contributed by atoms with van der Waals surface area (Å²) in [5.74, 6) is 0.393. The van der Waals surface area contributed by atoms with E-state index in [2.05, 4.69) is 32.1 Å². The molecule has 0 saturated carbocycles. The minimum atomic E-state index is -4.46. The van der Waals surface area contributed by atoms with Gasteiger partial charge in [0, 0.05) is 17.3 Å². The van der Waals surface area contributed by atoms with E-state index in [9.17, 15) is 13.2 Å². The zero-order valence-corrected chi connectivity index (χ0v) is 19.1. The van der Waals surface area contributed by atoms with Gasteiger partial charge >= 0.3 is 6.18 Å². The van der Waals surface area contributed by atoms with Crippen molar-refractivity contribution in [1.29, 1.82) is 0 Å². The Hall–Kier alpha value is -3.94. The monoisotopic (exact) mass is 475 g/mol. The van der Waals surface area contributed by atoms with Crippen molar-refractivity contribution in [2.45, 2.75) is 37.9 Å². The van der Waals surface area contributed by atoms with Crippen LogP contribution in [0.1, 0.15) is 42.9 Å². The van der Waals surface area contributed by atoms with Crippen LogP contribution >= 0.6 is 0 Å². The van der Waals surface area contributed by atoms with Crippen molar-refractivity contribution in [1.82, 2.24) is 25.2 Å². The number of aromatic amines is 1. The molecule has 3 aromatic carbocycles. The van der Waals surface area contributed by atoms with Gasteiger partial charge in [0.25, 0.3) is 0 Å². The van der Waals surface area contributed by atoms with Crippen molar-refractivity contribution in [2.75, 3.05) is 0 Å². The number of fused-ring (bicyclic) bond motifs is 1. The number of hydrogen-bond donors (Lipinski definition) is 1. The molecule has 1 N–H and O–H groups in total. The standard InChI is InChI=1S/C27H24F3N5/c1-2-3-16-26(20-10-8-11-21(18-20)27(28,29)30,35-17-15-19-9-4-7-14-24(19)35)23-13-6-5-12-22(23)25-31-33-34-32-25/h4-15,17-18H,2-3,16H2,1H3,(H,31,32,33,34). The van der Waals surface area contributed by atoms with E-state index in [0.717, 1.165) is 35.4 Å². The largest absolute Gasteiger partial charge is 0.416 e. The van der Waals surface area contributed by atoms with Crippen LogP contribution in [-0.2, 0) is 11.7 Å². The van der Waals surface area contributed by atoms with E-state index < -0.39 is 17.3 Å². The zero-order valence-electron chi connectivity index (χ0n) is 19.1. The summed E-state index contributed by atoms with van der Waals surface area (Å²) < 4.78 is 43.7. The van der Waals surface area contributed by atoms with Crippen LogP contribution < -0.4 is 0 Å². The molecule has 0 aliphatic carbocycles. The lowest BCUT2D eigenvalue weighted by atomic mass is 9.75. The van der Waals surface area contributed by atoms with Crippen molar-refractivity contribution in [3.8, 4) is 11.4 Å². The molecular formula is C27H24F3N5. The van der Waals surface area contributed by atoms with Crippen molar-refractivity contribution in [2.24, 2.45) is 0 Å². The number of tetrazole rings is 1. The Balaban J connectivity index is 1.90. The first-order chi connectivity index (χ1) is 16.9. The van der Waals surface area contributed by atoms with Crippen LogP contribution in [-0.4, -0.2) is 25.2 Å². The van der Waals surface area contributed by atoms with Crippen molar-refractivity contribution in [3.05, 3.63) is 102 Å². The number of benzene rings is 3. The van der Waals surface area contributed by atoms with Gasteiger partial charge in [0.1, 0.15) is 0 Å². The number of H-pyrrole nitrogens is 1. The fraction of sp³-hybridized carbons (Fsp3) is 0.222. The minimum Gasteiger partial charge on any atom is -0.333 e. The van der Waals surface area contributed by atoms with Crippen molar-refractivity contribution in [3.63, 3.8) is 0 Å². The van der Waals surface area contributed by atoms with Gasteiger partial charge in [-0.3, -0.25) is 0 Å². The molecule has 1 unspecified atom stereocenters. The summed E-state index contributed by atoms with van der Waals surface area (Å²) in [5.41, 5.74) is 1.40. The molecule has 2 heterocycles. The number of nitrogens with one attached hydrogen (secondary N) is 1. The van der Waals surface area contributed by atoms with E-state index in [1.165, 1.54) is 12.1 Å². The summed E-state index contributed by atoms with van der Waals surface area (Å²) in [6, 6.07) is 23.2. The summed E-state index contributed by atoms with van der Waals surface area (Å²) >= 11 is 0. The highest BCUT2D eigenvalue weighted by Crippen LogP contribution is 2.45. The van der Waals surface area contributed by atoms with Gasteiger partial charge in [0.05, 0.1) is 11.1 Å². The average molecular weight is 476 g/mol. The third kappa shape index (κ3) is 3.99. The van der Waals surface area contributed by atoms with Gasteiger partial charge < -0.3 is 4.57 Å². The Morgan fingerprint density at radius 3 is 2.43 bits per heavy atom. The fourth-order valence-corrected chi connectivity index (χ4v) is 4.94. The smallest absolute Gasteiger partial charge is 0.333 e. The first-order valence-corrected chi connectivity index (χ1v) is 11.5. The molecule has 1 atom stereocenters. The summed E-state index contributed by atoms with van der Waals surface area (Å²) in [4.78, 5) is 0. The third-order valence-electron chi connectivity index (χ3n) is 6.53. The van der Waals surface area contributed by atoms with E-state index in [1.54, 1.807) is 6.07 Å². The zero-order chi connectivity index (χ0) is 24.5. The molecule has 8 heteroatoms. The van der Waals surface area contributed by atoms with Crippen LogP contribution in [0.25, 0.3) is 22.3 Å². The van der Waals surface area contributed by atoms with Crippen LogP contribution in [0.15, 0.2) is 85.1 Å². The molecular weight excluding hydrogens is 451 g/mol.